The van der Waals surface area contributed by atoms with Crippen LogP contribution in [0.2, 0.25) is 0 Å². The highest BCUT2D eigenvalue weighted by Gasteiger charge is 2.78. The molecule has 1 saturated carbocycles. The largest absolute Gasteiger partial charge is 0.361 e. The van der Waals surface area contributed by atoms with Gasteiger partial charge in [-0.3, -0.25) is 14.4 Å². The van der Waals surface area contributed by atoms with Gasteiger partial charge in [-0.2, -0.15) is 0 Å². The van der Waals surface area contributed by atoms with Crippen LogP contribution in [0, 0.1) is 17.3 Å². The Kier molecular flexibility index (Phi) is 1.66. The first-order valence-corrected chi connectivity index (χ1v) is 6.49. The Morgan fingerprint density at radius 2 is 1.89 bits per heavy atom. The average molecular weight is 246 g/mol. The van der Waals surface area contributed by atoms with Crippen molar-refractivity contribution in [1.82, 2.24) is 0 Å². The number of Topliss-reactive ketones (excluding diaryl/α,β-unsaturated/α-hetero) is 1. The number of fused-ring (bicyclic) bond motifs is 3. The van der Waals surface area contributed by atoms with Crippen LogP contribution >= 0.6 is 0 Å². The van der Waals surface area contributed by atoms with Gasteiger partial charge in [0.05, 0.1) is 22.9 Å². The molecule has 94 valence electrons. The van der Waals surface area contributed by atoms with Crippen LogP contribution in [0.15, 0.2) is 12.2 Å². The molecule has 18 heavy (non-hydrogen) atoms. The zero-order chi connectivity index (χ0) is 12.7. The van der Waals surface area contributed by atoms with E-state index in [2.05, 4.69) is 0 Å². The lowest BCUT2D eigenvalue weighted by molar-refractivity contribution is -0.142. The number of carbonyl (C=O) groups is 3. The van der Waals surface area contributed by atoms with Crippen molar-refractivity contribution in [1.29, 1.82) is 0 Å². The van der Waals surface area contributed by atoms with E-state index in [0.717, 1.165) is 19.3 Å². The highest BCUT2D eigenvalue weighted by molar-refractivity contribution is 6.13. The summed E-state index contributed by atoms with van der Waals surface area (Å²) in [6, 6.07) is 0. The summed E-state index contributed by atoms with van der Waals surface area (Å²) in [5, 5.41) is 0. The predicted octanol–water partition coefficient (Wildman–Crippen LogP) is 0.837. The number of rotatable bonds is 0. The predicted molar refractivity (Wildman–Crippen MR) is 60.7 cm³/mol. The van der Waals surface area contributed by atoms with Gasteiger partial charge in [-0.05, 0) is 38.3 Å². The minimum atomic E-state index is -0.698. The zero-order valence-corrected chi connectivity index (χ0v) is 10.1. The number of allylic oxidation sites excluding steroid dienone is 2. The molecule has 2 aliphatic heterocycles. The van der Waals surface area contributed by atoms with Gasteiger partial charge in [0.25, 0.3) is 0 Å². The lowest BCUT2D eigenvalue weighted by atomic mass is 9.56. The molecule has 2 bridgehead atoms. The molecule has 2 saturated heterocycles. The number of carbonyl (C=O) groups excluding carboxylic acids is 3. The van der Waals surface area contributed by atoms with Crippen molar-refractivity contribution in [2.75, 3.05) is 0 Å². The number of hydrogen-bond donors (Lipinski definition) is 0. The third-order valence-electron chi connectivity index (χ3n) is 5.53. The maximum atomic E-state index is 12.5. The van der Waals surface area contributed by atoms with Crippen LogP contribution in [0.3, 0.4) is 0 Å². The van der Waals surface area contributed by atoms with E-state index in [1.807, 2.05) is 6.92 Å². The third kappa shape index (κ3) is 0.830. The molecule has 4 rings (SSSR count). The van der Waals surface area contributed by atoms with E-state index < -0.39 is 29.0 Å². The van der Waals surface area contributed by atoms with Gasteiger partial charge in [0.15, 0.2) is 17.3 Å². The average Bonchev–Trinajstić information content (AvgIpc) is 2.91. The second kappa shape index (κ2) is 2.82. The van der Waals surface area contributed by atoms with Crippen LogP contribution < -0.4 is 0 Å². The summed E-state index contributed by atoms with van der Waals surface area (Å²) in [5.74, 6) is -1.10. The van der Waals surface area contributed by atoms with Crippen LogP contribution in [0.1, 0.15) is 26.2 Å². The standard InChI is InChI=1S/C14H14O4/c1-13-5-2-6-14(13)10-8(16)4-3-7(15)9(10)11(18-14)12(13)17/h3-4,9-11H,2,5-6H2,1H3/t9-,10+,11-,13-,14-/m1/s1. The molecule has 3 fully saturated rings. The van der Waals surface area contributed by atoms with E-state index in [-0.39, 0.29) is 17.3 Å². The molecule has 0 aromatic heterocycles. The molecule has 2 aliphatic carbocycles. The van der Waals surface area contributed by atoms with Crippen molar-refractivity contribution in [2.24, 2.45) is 17.3 Å². The van der Waals surface area contributed by atoms with Crippen molar-refractivity contribution in [3.63, 3.8) is 0 Å². The van der Waals surface area contributed by atoms with E-state index in [0.29, 0.717) is 0 Å². The summed E-state index contributed by atoms with van der Waals surface area (Å²) in [4.78, 5) is 36.6. The van der Waals surface area contributed by atoms with Crippen LogP contribution in [0.5, 0.6) is 0 Å². The second-order valence-corrected chi connectivity index (χ2v) is 6.12. The molecule has 0 aromatic carbocycles. The van der Waals surface area contributed by atoms with Crippen LogP contribution in [-0.4, -0.2) is 29.1 Å². The summed E-state index contributed by atoms with van der Waals surface area (Å²) < 4.78 is 5.96. The van der Waals surface area contributed by atoms with Gasteiger partial charge in [-0.25, -0.2) is 0 Å². The quantitative estimate of drug-likeness (QED) is 0.635. The highest BCUT2D eigenvalue weighted by atomic mass is 16.5. The Bertz CT molecular complexity index is 534. The normalized spacial score (nSPS) is 52.9. The minimum Gasteiger partial charge on any atom is -0.361 e. The van der Waals surface area contributed by atoms with Gasteiger partial charge in [0.1, 0.15) is 6.10 Å². The van der Waals surface area contributed by atoms with Gasteiger partial charge >= 0.3 is 0 Å². The van der Waals surface area contributed by atoms with Crippen LogP contribution in [0.4, 0.5) is 0 Å². The lowest BCUT2D eigenvalue weighted by Gasteiger charge is -2.42. The third-order valence-corrected chi connectivity index (χ3v) is 5.53. The molecule has 2 heterocycles. The highest BCUT2D eigenvalue weighted by Crippen LogP contribution is 2.66. The Balaban J connectivity index is 1.95. The van der Waals surface area contributed by atoms with E-state index in [9.17, 15) is 14.4 Å². The Labute approximate surface area is 104 Å². The van der Waals surface area contributed by atoms with Gasteiger partial charge in [0, 0.05) is 0 Å². The van der Waals surface area contributed by atoms with Crippen molar-refractivity contribution < 1.29 is 19.1 Å². The summed E-state index contributed by atoms with van der Waals surface area (Å²) in [6.07, 6.45) is 4.39. The molecule has 0 N–H and O–H groups in total. The van der Waals surface area contributed by atoms with Gasteiger partial charge in [-0.1, -0.05) is 0 Å². The first kappa shape index (κ1) is 10.6. The summed E-state index contributed by atoms with van der Waals surface area (Å²) >= 11 is 0. The number of hydrogen-bond acceptors (Lipinski definition) is 4. The van der Waals surface area contributed by atoms with Crippen LogP contribution in [-0.2, 0) is 19.1 Å². The van der Waals surface area contributed by atoms with Gasteiger partial charge < -0.3 is 4.74 Å². The van der Waals surface area contributed by atoms with Crippen molar-refractivity contribution in [2.45, 2.75) is 37.9 Å². The summed E-state index contributed by atoms with van der Waals surface area (Å²) in [6.45, 7) is 1.91. The summed E-state index contributed by atoms with van der Waals surface area (Å²) in [5.41, 5.74) is -1.25. The van der Waals surface area contributed by atoms with Crippen molar-refractivity contribution >= 4 is 17.3 Å². The van der Waals surface area contributed by atoms with Gasteiger partial charge in [-0.15, -0.1) is 0 Å². The summed E-state index contributed by atoms with van der Waals surface area (Å²) in [7, 11) is 0. The van der Waals surface area contributed by atoms with Crippen molar-refractivity contribution in [3.05, 3.63) is 12.2 Å². The Hall–Kier alpha value is -1.29. The smallest absolute Gasteiger partial charge is 0.171 e. The van der Waals surface area contributed by atoms with E-state index in [4.69, 9.17) is 4.74 Å². The molecule has 1 spiro atoms. The molecule has 0 aromatic rings. The second-order valence-electron chi connectivity index (χ2n) is 6.12. The number of ether oxygens (including phenoxy) is 1. The maximum absolute atomic E-state index is 12.5. The molecule has 4 heteroatoms. The zero-order valence-electron chi connectivity index (χ0n) is 10.1. The maximum Gasteiger partial charge on any atom is 0.171 e. The fourth-order valence-electron chi connectivity index (χ4n) is 4.68. The van der Waals surface area contributed by atoms with E-state index >= 15 is 0 Å². The molecule has 5 atom stereocenters. The van der Waals surface area contributed by atoms with Gasteiger partial charge in [0.2, 0.25) is 0 Å². The first-order chi connectivity index (χ1) is 8.51. The van der Waals surface area contributed by atoms with Crippen LogP contribution in [0.25, 0.3) is 0 Å². The fourth-order valence-corrected chi connectivity index (χ4v) is 4.68. The molecule has 0 unspecified atom stereocenters. The fraction of sp³-hybridized carbons (Fsp3) is 0.643. The Morgan fingerprint density at radius 3 is 2.67 bits per heavy atom. The molecular formula is C14H14O4. The van der Waals surface area contributed by atoms with E-state index in [1.165, 1.54) is 12.2 Å². The first-order valence-electron chi connectivity index (χ1n) is 6.49. The Morgan fingerprint density at radius 1 is 1.17 bits per heavy atom. The topological polar surface area (TPSA) is 60.4 Å². The SMILES string of the molecule is C[C@]12CCC[C@]13O[C@@H](C2=O)[C@@H]1C(=O)C=CC(=O)[C@@H]13. The number of ketones is 3. The molecule has 0 amide bonds. The van der Waals surface area contributed by atoms with Crippen molar-refractivity contribution in [3.8, 4) is 0 Å². The minimum absolute atomic E-state index is 0.0391. The van der Waals surface area contributed by atoms with E-state index in [1.54, 1.807) is 0 Å². The molecule has 0 radical (unpaired) electrons. The molecule has 4 nitrogen and oxygen atoms in total. The molecule has 4 aliphatic rings. The molecular weight excluding hydrogens is 232 g/mol. The monoisotopic (exact) mass is 246 g/mol. The lowest BCUT2D eigenvalue weighted by Crippen LogP contribution is -2.57.